The first-order valence-electron chi connectivity index (χ1n) is 5.72. The van der Waals surface area contributed by atoms with Gasteiger partial charge in [0.25, 0.3) is 0 Å². The quantitative estimate of drug-likeness (QED) is 0.840. The highest BCUT2D eigenvalue weighted by Gasteiger charge is 2.12. The molecular weight excluding hydrogens is 250 g/mol. The van der Waals surface area contributed by atoms with Crippen molar-refractivity contribution in [1.29, 1.82) is 0 Å². The number of ether oxygens (including phenoxy) is 2. The van der Waals surface area contributed by atoms with E-state index in [9.17, 15) is 0 Å². The minimum Gasteiger partial charge on any atom is -0.383 e. The zero-order valence-electron chi connectivity index (χ0n) is 10.8. The molecule has 0 fully saturated rings. The number of aromatic nitrogens is 2. The number of nitrogen functional groups attached to an aromatic ring is 1. The monoisotopic (exact) mass is 267 g/mol. The lowest BCUT2D eigenvalue weighted by molar-refractivity contribution is 0.0588. The Morgan fingerprint density at radius 3 is 2.72 bits per heavy atom. The molecule has 18 heavy (non-hydrogen) atoms. The molecule has 0 unspecified atom stereocenters. The molecule has 0 saturated carbocycles. The number of rotatable bonds is 5. The molecule has 98 valence electrons. The SMILES string of the molecule is COCCOCc1nc(N)c2c(C)c(C)sc2n1. The van der Waals surface area contributed by atoms with E-state index in [1.807, 2.05) is 6.92 Å². The topological polar surface area (TPSA) is 70.3 Å². The highest BCUT2D eigenvalue weighted by atomic mass is 32.1. The molecule has 0 atom stereocenters. The Balaban J connectivity index is 2.21. The van der Waals surface area contributed by atoms with Crippen LogP contribution in [0.5, 0.6) is 0 Å². The van der Waals surface area contributed by atoms with E-state index in [1.165, 1.54) is 10.4 Å². The summed E-state index contributed by atoms with van der Waals surface area (Å²) in [7, 11) is 1.64. The maximum Gasteiger partial charge on any atom is 0.158 e. The van der Waals surface area contributed by atoms with E-state index >= 15 is 0 Å². The predicted octanol–water partition coefficient (Wildman–Crippen LogP) is 2.05. The van der Waals surface area contributed by atoms with Crippen LogP contribution in [0.25, 0.3) is 10.2 Å². The highest BCUT2D eigenvalue weighted by molar-refractivity contribution is 7.18. The first kappa shape index (κ1) is 13.2. The second-order valence-corrected chi connectivity index (χ2v) is 5.24. The fourth-order valence-corrected chi connectivity index (χ4v) is 2.75. The fraction of sp³-hybridized carbons (Fsp3) is 0.500. The van der Waals surface area contributed by atoms with Gasteiger partial charge < -0.3 is 15.2 Å². The summed E-state index contributed by atoms with van der Waals surface area (Å²) in [6.45, 7) is 5.56. The van der Waals surface area contributed by atoms with Crippen LogP contribution in [0.15, 0.2) is 0 Å². The summed E-state index contributed by atoms with van der Waals surface area (Å²) in [6.07, 6.45) is 0. The number of fused-ring (bicyclic) bond motifs is 1. The minimum absolute atomic E-state index is 0.361. The van der Waals surface area contributed by atoms with E-state index in [0.29, 0.717) is 31.5 Å². The van der Waals surface area contributed by atoms with Gasteiger partial charge in [-0.1, -0.05) is 0 Å². The molecule has 0 spiro atoms. The Labute approximate surface area is 110 Å². The van der Waals surface area contributed by atoms with Crippen LogP contribution in [0, 0.1) is 13.8 Å². The van der Waals surface area contributed by atoms with E-state index in [2.05, 4.69) is 16.9 Å². The van der Waals surface area contributed by atoms with Crippen LogP contribution in [0.4, 0.5) is 5.82 Å². The van der Waals surface area contributed by atoms with Crippen molar-refractivity contribution in [2.45, 2.75) is 20.5 Å². The molecule has 2 heterocycles. The van der Waals surface area contributed by atoms with Crippen molar-refractivity contribution < 1.29 is 9.47 Å². The summed E-state index contributed by atoms with van der Waals surface area (Å²) < 4.78 is 10.3. The third-order valence-corrected chi connectivity index (χ3v) is 3.87. The zero-order valence-corrected chi connectivity index (χ0v) is 11.6. The Morgan fingerprint density at radius 2 is 2.00 bits per heavy atom. The zero-order chi connectivity index (χ0) is 13.1. The van der Waals surface area contributed by atoms with Crippen LogP contribution < -0.4 is 5.73 Å². The molecule has 0 aliphatic carbocycles. The molecule has 2 rings (SSSR count). The molecule has 6 heteroatoms. The van der Waals surface area contributed by atoms with Crippen LogP contribution in [0.2, 0.25) is 0 Å². The fourth-order valence-electron chi connectivity index (χ4n) is 1.70. The van der Waals surface area contributed by atoms with E-state index in [4.69, 9.17) is 15.2 Å². The van der Waals surface area contributed by atoms with Crippen LogP contribution in [0.3, 0.4) is 0 Å². The van der Waals surface area contributed by atoms with Gasteiger partial charge in [0.2, 0.25) is 0 Å². The first-order chi connectivity index (χ1) is 8.63. The summed E-state index contributed by atoms with van der Waals surface area (Å²) in [4.78, 5) is 10.9. The number of aryl methyl sites for hydroxylation is 2. The van der Waals surface area contributed by atoms with Crippen molar-refractivity contribution in [3.05, 3.63) is 16.3 Å². The van der Waals surface area contributed by atoms with E-state index in [0.717, 1.165) is 10.2 Å². The smallest absolute Gasteiger partial charge is 0.158 e. The molecule has 5 nitrogen and oxygen atoms in total. The third kappa shape index (κ3) is 2.60. The molecule has 0 bridgehead atoms. The summed E-state index contributed by atoms with van der Waals surface area (Å²) in [5.41, 5.74) is 7.14. The number of hydrogen-bond acceptors (Lipinski definition) is 6. The van der Waals surface area contributed by atoms with E-state index < -0.39 is 0 Å². The van der Waals surface area contributed by atoms with Crippen molar-refractivity contribution in [2.24, 2.45) is 0 Å². The standard InChI is InChI=1S/C12H17N3O2S/c1-7-8(2)18-12-10(7)11(13)14-9(15-12)6-17-5-4-16-3/h4-6H2,1-3H3,(H2,13,14,15). The van der Waals surface area contributed by atoms with Gasteiger partial charge in [-0.15, -0.1) is 11.3 Å². The van der Waals surface area contributed by atoms with Gasteiger partial charge in [-0.2, -0.15) is 0 Å². The summed E-state index contributed by atoms with van der Waals surface area (Å²) in [5, 5.41) is 0.971. The van der Waals surface area contributed by atoms with Gasteiger partial charge in [0.1, 0.15) is 17.3 Å². The van der Waals surface area contributed by atoms with Crippen LogP contribution in [-0.2, 0) is 16.1 Å². The largest absolute Gasteiger partial charge is 0.383 e. The highest BCUT2D eigenvalue weighted by Crippen LogP contribution is 2.31. The lowest BCUT2D eigenvalue weighted by atomic mass is 10.2. The minimum atomic E-state index is 0.361. The van der Waals surface area contributed by atoms with Crippen LogP contribution in [0.1, 0.15) is 16.3 Å². The van der Waals surface area contributed by atoms with Crippen molar-refractivity contribution >= 4 is 27.4 Å². The lowest BCUT2D eigenvalue weighted by Gasteiger charge is -2.04. The Hall–Kier alpha value is -1.24. The average molecular weight is 267 g/mol. The molecule has 0 saturated heterocycles. The van der Waals surface area contributed by atoms with Gasteiger partial charge in [0, 0.05) is 12.0 Å². The molecular formula is C12H17N3O2S. The van der Waals surface area contributed by atoms with Gasteiger partial charge in [-0.3, -0.25) is 0 Å². The predicted molar refractivity (Wildman–Crippen MR) is 72.8 cm³/mol. The molecule has 2 N–H and O–H groups in total. The van der Waals surface area contributed by atoms with Crippen molar-refractivity contribution in [3.63, 3.8) is 0 Å². The Morgan fingerprint density at radius 1 is 1.22 bits per heavy atom. The van der Waals surface area contributed by atoms with E-state index in [1.54, 1.807) is 18.4 Å². The summed E-state index contributed by atoms with van der Waals surface area (Å²) in [6, 6.07) is 0. The summed E-state index contributed by atoms with van der Waals surface area (Å²) in [5.74, 6) is 1.16. The molecule has 0 aromatic carbocycles. The number of hydrogen-bond donors (Lipinski definition) is 1. The van der Waals surface area contributed by atoms with Crippen LogP contribution >= 0.6 is 11.3 Å². The maximum absolute atomic E-state index is 5.98. The molecule has 2 aromatic rings. The number of thiophene rings is 1. The number of anilines is 1. The van der Waals surface area contributed by atoms with Crippen LogP contribution in [-0.4, -0.2) is 30.3 Å². The molecule has 0 aliphatic rings. The van der Waals surface area contributed by atoms with Gasteiger partial charge >= 0.3 is 0 Å². The first-order valence-corrected chi connectivity index (χ1v) is 6.54. The number of nitrogens with zero attached hydrogens (tertiary/aromatic N) is 2. The second-order valence-electron chi connectivity index (χ2n) is 4.03. The van der Waals surface area contributed by atoms with Crippen molar-refractivity contribution in [1.82, 2.24) is 9.97 Å². The molecule has 2 aromatic heterocycles. The lowest BCUT2D eigenvalue weighted by Crippen LogP contribution is -2.06. The molecule has 0 amide bonds. The summed E-state index contributed by atoms with van der Waals surface area (Å²) >= 11 is 1.64. The maximum atomic E-state index is 5.98. The second kappa shape index (κ2) is 5.60. The Bertz CT molecular complexity index is 554. The van der Waals surface area contributed by atoms with Crippen molar-refractivity contribution in [3.8, 4) is 0 Å². The molecule has 0 aliphatic heterocycles. The third-order valence-electron chi connectivity index (χ3n) is 2.77. The normalized spacial score (nSPS) is 11.3. The molecule has 0 radical (unpaired) electrons. The number of nitrogens with two attached hydrogens (primary N) is 1. The van der Waals surface area contributed by atoms with Crippen molar-refractivity contribution in [2.75, 3.05) is 26.1 Å². The van der Waals surface area contributed by atoms with Gasteiger partial charge in [0.05, 0.1) is 18.6 Å². The van der Waals surface area contributed by atoms with E-state index in [-0.39, 0.29) is 0 Å². The average Bonchev–Trinajstić information content (AvgIpc) is 2.61. The number of methoxy groups -OCH3 is 1. The van der Waals surface area contributed by atoms with Gasteiger partial charge in [-0.25, -0.2) is 9.97 Å². The Kier molecular flexibility index (Phi) is 4.11. The van der Waals surface area contributed by atoms with Gasteiger partial charge in [0.15, 0.2) is 5.82 Å². The van der Waals surface area contributed by atoms with Gasteiger partial charge in [-0.05, 0) is 19.4 Å².